The number of carbonyl (C=O) groups is 1. The first-order chi connectivity index (χ1) is 12.2. The van der Waals surface area contributed by atoms with Crippen LogP contribution in [0.4, 0.5) is 17.6 Å². The van der Waals surface area contributed by atoms with Crippen LogP contribution in [0, 0.1) is 5.82 Å². The third-order valence-electron chi connectivity index (χ3n) is 4.69. The number of carboxylic acid groups (broad SMARTS) is 1. The number of aromatic amines is 1. The third kappa shape index (κ3) is 2.25. The first kappa shape index (κ1) is 16.4. The quantitative estimate of drug-likeness (QED) is 0.556. The SMILES string of the molecule is O=C(O)c1cc2c(cc1O)-c1[nH]c3c(F)c(C(F)(F)F)ccc3c1CC2. The number of carboxylic acids is 1. The Bertz CT molecular complexity index is 1080. The van der Waals surface area contributed by atoms with Crippen LogP contribution in [0.5, 0.6) is 5.75 Å². The molecule has 26 heavy (non-hydrogen) atoms. The summed E-state index contributed by atoms with van der Waals surface area (Å²) in [7, 11) is 0. The molecule has 0 saturated heterocycles. The molecular weight excluding hydrogens is 354 g/mol. The molecule has 1 aliphatic carbocycles. The average Bonchev–Trinajstić information content (AvgIpc) is 2.93. The molecule has 1 aromatic heterocycles. The number of rotatable bonds is 1. The third-order valence-corrected chi connectivity index (χ3v) is 4.69. The van der Waals surface area contributed by atoms with Gasteiger partial charge in [-0.25, -0.2) is 9.18 Å². The van der Waals surface area contributed by atoms with Gasteiger partial charge in [-0.1, -0.05) is 6.07 Å². The number of H-pyrrole nitrogens is 1. The highest BCUT2D eigenvalue weighted by molar-refractivity contribution is 5.96. The molecule has 1 aliphatic rings. The Kier molecular flexibility index (Phi) is 3.31. The van der Waals surface area contributed by atoms with Crippen molar-refractivity contribution in [1.29, 1.82) is 0 Å². The van der Waals surface area contributed by atoms with Gasteiger partial charge in [-0.2, -0.15) is 13.2 Å². The molecule has 4 nitrogen and oxygen atoms in total. The highest BCUT2D eigenvalue weighted by Crippen LogP contribution is 2.42. The Morgan fingerprint density at radius 3 is 2.54 bits per heavy atom. The summed E-state index contributed by atoms with van der Waals surface area (Å²) in [6.07, 6.45) is -3.97. The minimum absolute atomic E-state index is 0.250. The topological polar surface area (TPSA) is 73.3 Å². The van der Waals surface area contributed by atoms with Crippen molar-refractivity contribution in [1.82, 2.24) is 4.98 Å². The first-order valence-electron chi connectivity index (χ1n) is 7.68. The van der Waals surface area contributed by atoms with Crippen molar-refractivity contribution in [2.75, 3.05) is 0 Å². The Balaban J connectivity index is 1.98. The van der Waals surface area contributed by atoms with Gasteiger partial charge in [0.05, 0.1) is 16.8 Å². The second kappa shape index (κ2) is 5.23. The van der Waals surface area contributed by atoms with E-state index < -0.39 is 29.3 Å². The number of alkyl halides is 3. The molecule has 0 spiro atoms. The van der Waals surface area contributed by atoms with Gasteiger partial charge in [0.15, 0.2) is 5.82 Å². The number of benzene rings is 2. The van der Waals surface area contributed by atoms with E-state index in [-0.39, 0.29) is 11.1 Å². The summed E-state index contributed by atoms with van der Waals surface area (Å²) in [4.78, 5) is 13.8. The molecule has 1 heterocycles. The van der Waals surface area contributed by atoms with Crippen LogP contribution in [-0.4, -0.2) is 21.2 Å². The van der Waals surface area contributed by atoms with Crippen LogP contribution in [0.25, 0.3) is 22.2 Å². The lowest BCUT2D eigenvalue weighted by atomic mass is 9.87. The number of hydrogen-bond acceptors (Lipinski definition) is 2. The van der Waals surface area contributed by atoms with E-state index in [0.717, 1.165) is 0 Å². The normalized spacial score (nSPS) is 13.5. The molecule has 8 heteroatoms. The number of aromatic carboxylic acids is 1. The molecule has 0 fully saturated rings. The zero-order chi connectivity index (χ0) is 18.8. The number of aryl methyl sites for hydroxylation is 2. The number of nitrogens with one attached hydrogen (secondary N) is 1. The molecule has 0 amide bonds. The molecule has 0 bridgehead atoms. The molecule has 0 aliphatic heterocycles. The van der Waals surface area contributed by atoms with Crippen LogP contribution in [0.1, 0.15) is 27.0 Å². The largest absolute Gasteiger partial charge is 0.507 e. The Hall–Kier alpha value is -3.03. The predicted octanol–water partition coefficient (Wildman–Crippen LogP) is 4.50. The number of aromatic nitrogens is 1. The monoisotopic (exact) mass is 365 g/mol. The lowest BCUT2D eigenvalue weighted by Crippen LogP contribution is -2.08. The van der Waals surface area contributed by atoms with Gasteiger partial charge >= 0.3 is 12.1 Å². The van der Waals surface area contributed by atoms with Crippen LogP contribution in [-0.2, 0) is 19.0 Å². The minimum atomic E-state index is -4.81. The molecule has 2 aromatic carbocycles. The maximum absolute atomic E-state index is 14.4. The van der Waals surface area contributed by atoms with Crippen LogP contribution in [0.3, 0.4) is 0 Å². The van der Waals surface area contributed by atoms with Crippen LogP contribution in [0.2, 0.25) is 0 Å². The molecule has 0 saturated carbocycles. The van der Waals surface area contributed by atoms with E-state index in [1.54, 1.807) is 0 Å². The Labute approximate surface area is 143 Å². The predicted molar refractivity (Wildman–Crippen MR) is 84.7 cm³/mol. The maximum atomic E-state index is 14.4. The second-order valence-electron chi connectivity index (χ2n) is 6.16. The van der Waals surface area contributed by atoms with Crippen molar-refractivity contribution >= 4 is 16.9 Å². The van der Waals surface area contributed by atoms with E-state index in [4.69, 9.17) is 5.11 Å². The van der Waals surface area contributed by atoms with E-state index in [2.05, 4.69) is 4.98 Å². The van der Waals surface area contributed by atoms with Crippen molar-refractivity contribution in [3.8, 4) is 17.0 Å². The van der Waals surface area contributed by atoms with Gasteiger partial charge < -0.3 is 15.2 Å². The van der Waals surface area contributed by atoms with Gasteiger partial charge in [0.25, 0.3) is 0 Å². The highest BCUT2D eigenvalue weighted by atomic mass is 19.4. The zero-order valence-electron chi connectivity index (χ0n) is 13.0. The van der Waals surface area contributed by atoms with Crippen molar-refractivity contribution in [2.24, 2.45) is 0 Å². The van der Waals surface area contributed by atoms with Crippen molar-refractivity contribution in [3.63, 3.8) is 0 Å². The smallest absolute Gasteiger partial charge is 0.419 e. The summed E-state index contributed by atoms with van der Waals surface area (Å²) < 4.78 is 53.2. The molecule has 3 N–H and O–H groups in total. The summed E-state index contributed by atoms with van der Waals surface area (Å²) in [5.74, 6) is -3.12. The molecule has 4 rings (SSSR count). The van der Waals surface area contributed by atoms with E-state index in [1.165, 1.54) is 18.2 Å². The summed E-state index contributed by atoms with van der Waals surface area (Å²) in [6.45, 7) is 0. The van der Waals surface area contributed by atoms with Gasteiger partial charge in [-0.05, 0) is 42.2 Å². The fraction of sp³-hybridized carbons (Fsp3) is 0.167. The fourth-order valence-electron chi connectivity index (χ4n) is 3.50. The molecule has 0 radical (unpaired) electrons. The molecule has 3 aromatic rings. The maximum Gasteiger partial charge on any atom is 0.419 e. The van der Waals surface area contributed by atoms with Gasteiger partial charge in [-0.3, -0.25) is 0 Å². The van der Waals surface area contributed by atoms with E-state index in [9.17, 15) is 27.5 Å². The van der Waals surface area contributed by atoms with Crippen molar-refractivity contribution in [3.05, 3.63) is 52.3 Å². The summed E-state index contributed by atoms with van der Waals surface area (Å²) >= 11 is 0. The van der Waals surface area contributed by atoms with E-state index >= 15 is 0 Å². The number of fused-ring (bicyclic) bond motifs is 5. The molecular formula is C18H11F4NO3. The fourth-order valence-corrected chi connectivity index (χ4v) is 3.50. The van der Waals surface area contributed by atoms with Gasteiger partial charge in [0, 0.05) is 10.9 Å². The van der Waals surface area contributed by atoms with E-state index in [0.29, 0.717) is 46.7 Å². The number of phenols is 1. The summed E-state index contributed by atoms with van der Waals surface area (Å²) in [5.41, 5.74) is 0.254. The van der Waals surface area contributed by atoms with Crippen molar-refractivity contribution in [2.45, 2.75) is 19.0 Å². The lowest BCUT2D eigenvalue weighted by molar-refractivity contribution is -0.139. The van der Waals surface area contributed by atoms with Gasteiger partial charge in [-0.15, -0.1) is 0 Å². The molecule has 0 atom stereocenters. The second-order valence-corrected chi connectivity index (χ2v) is 6.16. The zero-order valence-corrected chi connectivity index (χ0v) is 13.0. The number of aromatic hydroxyl groups is 1. The van der Waals surface area contributed by atoms with Crippen molar-refractivity contribution < 1.29 is 32.6 Å². The summed E-state index contributed by atoms with van der Waals surface area (Å²) in [6, 6.07) is 4.52. The first-order valence-corrected chi connectivity index (χ1v) is 7.68. The standard InChI is InChI=1S/C18H11F4NO3/c19-14-12(18(20,21)22)4-3-9-8-2-1-7-5-11(17(25)26)13(24)6-10(7)15(8)23-16(9)14/h3-6,23-24H,1-2H2,(H,25,26). The number of hydrogen-bond donors (Lipinski definition) is 3. The Morgan fingerprint density at radius 2 is 1.88 bits per heavy atom. The molecule has 134 valence electrons. The molecule has 0 unspecified atom stereocenters. The summed E-state index contributed by atoms with van der Waals surface area (Å²) in [5, 5.41) is 19.4. The highest BCUT2D eigenvalue weighted by Gasteiger charge is 2.36. The number of halogens is 4. The lowest BCUT2D eigenvalue weighted by Gasteiger charge is -2.18. The van der Waals surface area contributed by atoms with E-state index in [1.807, 2.05) is 0 Å². The van der Waals surface area contributed by atoms with Crippen LogP contribution >= 0.6 is 0 Å². The van der Waals surface area contributed by atoms with Gasteiger partial charge in [0.1, 0.15) is 11.3 Å². The van der Waals surface area contributed by atoms with Gasteiger partial charge in [0.2, 0.25) is 0 Å². The van der Waals surface area contributed by atoms with Crippen LogP contribution in [0.15, 0.2) is 24.3 Å². The minimum Gasteiger partial charge on any atom is -0.507 e. The average molecular weight is 365 g/mol. The Morgan fingerprint density at radius 1 is 1.15 bits per heavy atom. The van der Waals surface area contributed by atoms with Crippen LogP contribution < -0.4 is 0 Å².